The SMILES string of the molecule is C#CCn1c(=NC(=O)Cc2ccc(Cl)cc2)sc2cc([N+](=O)[O-])ccc21. The Morgan fingerprint density at radius 1 is 1.31 bits per heavy atom. The average Bonchev–Trinajstić information content (AvgIpc) is 2.93. The van der Waals surface area contributed by atoms with Crippen LogP contribution in [0.25, 0.3) is 10.2 Å². The fourth-order valence-corrected chi connectivity index (χ4v) is 3.63. The van der Waals surface area contributed by atoms with Crippen molar-refractivity contribution in [3.63, 3.8) is 0 Å². The van der Waals surface area contributed by atoms with E-state index < -0.39 is 4.92 Å². The number of rotatable bonds is 4. The molecule has 3 aromatic rings. The van der Waals surface area contributed by atoms with Gasteiger partial charge in [0.15, 0.2) is 4.80 Å². The number of carbonyl (C=O) groups excluding carboxylic acids is 1. The van der Waals surface area contributed by atoms with Crippen molar-refractivity contribution in [2.45, 2.75) is 13.0 Å². The summed E-state index contributed by atoms with van der Waals surface area (Å²) in [4.78, 5) is 27.4. The topological polar surface area (TPSA) is 77.5 Å². The third-order valence-corrected chi connectivity index (χ3v) is 4.91. The van der Waals surface area contributed by atoms with Crippen LogP contribution in [0.4, 0.5) is 5.69 Å². The highest BCUT2D eigenvalue weighted by molar-refractivity contribution is 7.16. The first-order chi connectivity index (χ1) is 12.5. The molecule has 0 N–H and O–H groups in total. The number of benzene rings is 2. The van der Waals surface area contributed by atoms with E-state index in [-0.39, 0.29) is 24.6 Å². The van der Waals surface area contributed by atoms with Crippen molar-refractivity contribution >= 4 is 44.7 Å². The largest absolute Gasteiger partial charge is 0.305 e. The number of carbonyl (C=O) groups is 1. The number of nitro groups is 1. The molecule has 0 radical (unpaired) electrons. The maximum atomic E-state index is 12.3. The number of hydrogen-bond donors (Lipinski definition) is 0. The van der Waals surface area contributed by atoms with Crippen LogP contribution in [-0.2, 0) is 17.8 Å². The summed E-state index contributed by atoms with van der Waals surface area (Å²) in [5, 5.41) is 11.5. The zero-order valence-electron chi connectivity index (χ0n) is 13.4. The first kappa shape index (κ1) is 17.9. The minimum Gasteiger partial charge on any atom is -0.305 e. The summed E-state index contributed by atoms with van der Waals surface area (Å²) >= 11 is 7.03. The van der Waals surface area contributed by atoms with Gasteiger partial charge in [0.1, 0.15) is 0 Å². The molecule has 2 aromatic carbocycles. The molecule has 0 bridgehead atoms. The maximum Gasteiger partial charge on any atom is 0.270 e. The number of non-ortho nitro benzene ring substituents is 1. The van der Waals surface area contributed by atoms with E-state index in [0.717, 1.165) is 5.56 Å². The molecule has 1 amide bonds. The molecule has 0 unspecified atom stereocenters. The molecule has 0 aliphatic heterocycles. The Balaban J connectivity index is 2.01. The van der Waals surface area contributed by atoms with E-state index in [1.807, 2.05) is 0 Å². The van der Waals surface area contributed by atoms with Crippen molar-refractivity contribution in [2.75, 3.05) is 0 Å². The van der Waals surface area contributed by atoms with Crippen LogP contribution in [0.2, 0.25) is 5.02 Å². The van der Waals surface area contributed by atoms with Crippen LogP contribution in [0.15, 0.2) is 47.5 Å². The fraction of sp³-hybridized carbons (Fsp3) is 0.111. The standard InChI is InChI=1S/C18H12ClN3O3S/c1-2-9-21-15-8-7-14(22(24)25)11-16(15)26-18(21)20-17(23)10-12-3-5-13(19)6-4-12/h1,3-8,11H,9-10H2. The summed E-state index contributed by atoms with van der Waals surface area (Å²) in [5.41, 5.74) is 1.48. The van der Waals surface area contributed by atoms with E-state index in [9.17, 15) is 14.9 Å². The van der Waals surface area contributed by atoms with Crippen LogP contribution in [0, 0.1) is 22.5 Å². The van der Waals surface area contributed by atoms with E-state index in [2.05, 4.69) is 10.9 Å². The summed E-state index contributed by atoms with van der Waals surface area (Å²) in [6.45, 7) is 0.213. The number of halogens is 1. The molecule has 0 saturated heterocycles. The first-order valence-electron chi connectivity index (χ1n) is 7.51. The predicted molar refractivity (Wildman–Crippen MR) is 101 cm³/mol. The molecule has 8 heteroatoms. The molecule has 0 aliphatic carbocycles. The quantitative estimate of drug-likeness (QED) is 0.391. The fourth-order valence-electron chi connectivity index (χ4n) is 2.43. The lowest BCUT2D eigenvalue weighted by Crippen LogP contribution is -2.17. The van der Waals surface area contributed by atoms with Gasteiger partial charge < -0.3 is 4.57 Å². The van der Waals surface area contributed by atoms with Crippen LogP contribution in [0.3, 0.4) is 0 Å². The molecule has 0 saturated carbocycles. The monoisotopic (exact) mass is 385 g/mol. The van der Waals surface area contributed by atoms with E-state index in [1.165, 1.54) is 23.5 Å². The highest BCUT2D eigenvalue weighted by Crippen LogP contribution is 2.23. The molecular formula is C18H12ClN3O3S. The average molecular weight is 386 g/mol. The van der Waals surface area contributed by atoms with Crippen LogP contribution in [-0.4, -0.2) is 15.4 Å². The molecule has 130 valence electrons. The minimum atomic E-state index is -0.465. The summed E-state index contributed by atoms with van der Waals surface area (Å²) in [6.07, 6.45) is 5.54. The maximum absolute atomic E-state index is 12.3. The van der Waals surface area contributed by atoms with Gasteiger partial charge in [0, 0.05) is 17.2 Å². The normalized spacial score (nSPS) is 11.5. The van der Waals surface area contributed by atoms with Gasteiger partial charge in [-0.25, -0.2) is 0 Å². The molecule has 1 aromatic heterocycles. The molecule has 26 heavy (non-hydrogen) atoms. The summed E-state index contributed by atoms with van der Waals surface area (Å²) in [5.74, 6) is 2.18. The number of nitro benzene ring substituents is 1. The van der Waals surface area contributed by atoms with Gasteiger partial charge >= 0.3 is 0 Å². The highest BCUT2D eigenvalue weighted by Gasteiger charge is 2.12. The van der Waals surface area contributed by atoms with Gasteiger partial charge in [0.05, 0.1) is 28.1 Å². The number of amides is 1. The molecular weight excluding hydrogens is 374 g/mol. The number of thiazole rings is 1. The van der Waals surface area contributed by atoms with Gasteiger partial charge in [0.25, 0.3) is 11.6 Å². The lowest BCUT2D eigenvalue weighted by atomic mass is 10.1. The molecule has 0 atom stereocenters. The van der Waals surface area contributed by atoms with E-state index >= 15 is 0 Å². The number of terminal acetylenes is 1. The van der Waals surface area contributed by atoms with Crippen molar-refractivity contribution in [1.82, 2.24) is 4.57 Å². The second-order valence-electron chi connectivity index (χ2n) is 5.39. The van der Waals surface area contributed by atoms with Crippen LogP contribution >= 0.6 is 22.9 Å². The Kier molecular flexibility index (Phi) is 5.16. The zero-order chi connectivity index (χ0) is 18.7. The molecule has 3 rings (SSSR count). The van der Waals surface area contributed by atoms with Crippen molar-refractivity contribution in [3.05, 3.63) is 68.0 Å². The van der Waals surface area contributed by atoms with Gasteiger partial charge in [-0.2, -0.15) is 4.99 Å². The number of hydrogen-bond acceptors (Lipinski definition) is 4. The molecule has 6 nitrogen and oxygen atoms in total. The lowest BCUT2D eigenvalue weighted by molar-refractivity contribution is -0.384. The Labute approximate surface area is 157 Å². The Morgan fingerprint density at radius 2 is 2.04 bits per heavy atom. The van der Waals surface area contributed by atoms with Gasteiger partial charge in [-0.3, -0.25) is 14.9 Å². The Bertz CT molecular complexity index is 1110. The second-order valence-corrected chi connectivity index (χ2v) is 6.84. The van der Waals surface area contributed by atoms with Crippen molar-refractivity contribution in [3.8, 4) is 12.3 Å². The Hall–Kier alpha value is -2.95. The number of fused-ring (bicyclic) bond motifs is 1. The van der Waals surface area contributed by atoms with Gasteiger partial charge in [0.2, 0.25) is 0 Å². The van der Waals surface area contributed by atoms with Crippen LogP contribution in [0.5, 0.6) is 0 Å². The summed E-state index contributed by atoms with van der Waals surface area (Å²) in [7, 11) is 0. The highest BCUT2D eigenvalue weighted by atomic mass is 35.5. The third-order valence-electron chi connectivity index (χ3n) is 3.62. The van der Waals surface area contributed by atoms with Gasteiger partial charge in [-0.1, -0.05) is 41.0 Å². The zero-order valence-corrected chi connectivity index (χ0v) is 15.0. The second kappa shape index (κ2) is 7.52. The molecule has 0 fully saturated rings. The van der Waals surface area contributed by atoms with Crippen molar-refractivity contribution in [1.29, 1.82) is 0 Å². The molecule has 1 heterocycles. The number of nitrogens with zero attached hydrogens (tertiary/aromatic N) is 3. The first-order valence-corrected chi connectivity index (χ1v) is 8.70. The summed E-state index contributed by atoms with van der Waals surface area (Å²) in [6, 6.07) is 11.4. The minimum absolute atomic E-state index is 0.0225. The van der Waals surface area contributed by atoms with E-state index in [0.29, 0.717) is 20.0 Å². The van der Waals surface area contributed by atoms with Crippen LogP contribution in [0.1, 0.15) is 5.56 Å². The summed E-state index contributed by atoms with van der Waals surface area (Å²) < 4.78 is 2.34. The molecule has 0 spiro atoms. The molecule has 0 aliphatic rings. The van der Waals surface area contributed by atoms with Gasteiger partial charge in [-0.15, -0.1) is 6.42 Å². The van der Waals surface area contributed by atoms with Crippen molar-refractivity contribution in [2.24, 2.45) is 4.99 Å². The smallest absolute Gasteiger partial charge is 0.270 e. The lowest BCUT2D eigenvalue weighted by Gasteiger charge is -2.00. The van der Waals surface area contributed by atoms with Crippen LogP contribution < -0.4 is 4.80 Å². The van der Waals surface area contributed by atoms with Crippen molar-refractivity contribution < 1.29 is 9.72 Å². The third kappa shape index (κ3) is 3.82. The Morgan fingerprint density at radius 3 is 2.69 bits per heavy atom. The van der Waals surface area contributed by atoms with E-state index in [1.54, 1.807) is 34.9 Å². The predicted octanol–water partition coefficient (Wildman–Crippen LogP) is 3.57. The van der Waals surface area contributed by atoms with Gasteiger partial charge in [-0.05, 0) is 23.8 Å². The number of aromatic nitrogens is 1. The van der Waals surface area contributed by atoms with E-state index in [4.69, 9.17) is 18.0 Å².